The SMILES string of the molecule is Cl.OCCCCCCBr. The van der Waals surface area contributed by atoms with E-state index < -0.39 is 0 Å². The third-order valence-electron chi connectivity index (χ3n) is 1.04. The highest BCUT2D eigenvalue weighted by Gasteiger charge is 1.84. The normalized spacial score (nSPS) is 8.67. The van der Waals surface area contributed by atoms with Gasteiger partial charge in [0.2, 0.25) is 0 Å². The van der Waals surface area contributed by atoms with E-state index in [-0.39, 0.29) is 12.4 Å². The maximum absolute atomic E-state index is 8.35. The summed E-state index contributed by atoms with van der Waals surface area (Å²) in [4.78, 5) is 0. The highest BCUT2D eigenvalue weighted by Crippen LogP contribution is 2.00. The molecule has 9 heavy (non-hydrogen) atoms. The van der Waals surface area contributed by atoms with E-state index in [0.717, 1.165) is 11.8 Å². The molecule has 1 N–H and O–H groups in total. The summed E-state index contributed by atoms with van der Waals surface area (Å²) in [5, 5.41) is 9.45. The van der Waals surface area contributed by atoms with Crippen molar-refractivity contribution in [3.63, 3.8) is 0 Å². The number of unbranched alkanes of at least 4 members (excludes halogenated alkanes) is 3. The standard InChI is InChI=1S/C6H13BrO.ClH/c7-5-3-1-2-4-6-8;/h8H,1-6H2;1H. The molecular weight excluding hydrogens is 203 g/mol. The average molecular weight is 218 g/mol. The van der Waals surface area contributed by atoms with Crippen LogP contribution in [-0.2, 0) is 0 Å². The third-order valence-corrected chi connectivity index (χ3v) is 1.60. The van der Waals surface area contributed by atoms with Crippen molar-refractivity contribution in [1.29, 1.82) is 0 Å². The van der Waals surface area contributed by atoms with Gasteiger partial charge in [-0.2, -0.15) is 0 Å². The van der Waals surface area contributed by atoms with E-state index in [1.54, 1.807) is 0 Å². The van der Waals surface area contributed by atoms with Crippen molar-refractivity contribution in [3.8, 4) is 0 Å². The third kappa shape index (κ3) is 12.0. The molecule has 0 aliphatic heterocycles. The number of aliphatic hydroxyl groups excluding tert-OH is 1. The monoisotopic (exact) mass is 216 g/mol. The minimum Gasteiger partial charge on any atom is -0.396 e. The van der Waals surface area contributed by atoms with Crippen LogP contribution in [0.2, 0.25) is 0 Å². The van der Waals surface area contributed by atoms with Gasteiger partial charge in [-0.05, 0) is 12.8 Å². The van der Waals surface area contributed by atoms with Gasteiger partial charge in [0.05, 0.1) is 0 Å². The van der Waals surface area contributed by atoms with Crippen molar-refractivity contribution < 1.29 is 5.11 Å². The van der Waals surface area contributed by atoms with E-state index in [0.29, 0.717) is 6.61 Å². The Morgan fingerprint density at radius 1 is 1.00 bits per heavy atom. The molecule has 58 valence electrons. The highest BCUT2D eigenvalue weighted by molar-refractivity contribution is 9.09. The van der Waals surface area contributed by atoms with Gasteiger partial charge in [-0.25, -0.2) is 0 Å². The Balaban J connectivity index is 0. The van der Waals surface area contributed by atoms with Gasteiger partial charge in [-0.15, -0.1) is 12.4 Å². The van der Waals surface area contributed by atoms with Crippen molar-refractivity contribution in [2.24, 2.45) is 0 Å². The fourth-order valence-electron chi connectivity index (χ4n) is 0.560. The first-order chi connectivity index (χ1) is 3.91. The van der Waals surface area contributed by atoms with Crippen LogP contribution in [0.4, 0.5) is 0 Å². The smallest absolute Gasteiger partial charge is 0.0431 e. The average Bonchev–Trinajstić information content (AvgIpc) is 1.81. The van der Waals surface area contributed by atoms with Crippen molar-refractivity contribution in [1.82, 2.24) is 0 Å². The van der Waals surface area contributed by atoms with Crippen LogP contribution in [0, 0.1) is 0 Å². The summed E-state index contributed by atoms with van der Waals surface area (Å²) in [7, 11) is 0. The molecule has 0 aromatic carbocycles. The number of alkyl halides is 1. The van der Waals surface area contributed by atoms with Crippen molar-refractivity contribution in [2.75, 3.05) is 11.9 Å². The number of halogens is 2. The molecule has 0 bridgehead atoms. The summed E-state index contributed by atoms with van der Waals surface area (Å²) >= 11 is 3.34. The Kier molecular flexibility index (Phi) is 15.9. The summed E-state index contributed by atoms with van der Waals surface area (Å²) in [5.41, 5.74) is 0. The molecule has 0 rings (SSSR count). The Morgan fingerprint density at radius 3 is 2.00 bits per heavy atom. The van der Waals surface area contributed by atoms with Gasteiger partial charge in [-0.1, -0.05) is 28.8 Å². The fraction of sp³-hybridized carbons (Fsp3) is 1.00. The second-order valence-corrected chi connectivity index (χ2v) is 2.62. The Bertz CT molecular complexity index is 38.0. The lowest BCUT2D eigenvalue weighted by Crippen LogP contribution is -1.82. The van der Waals surface area contributed by atoms with Crippen LogP contribution < -0.4 is 0 Å². The molecule has 0 aromatic rings. The summed E-state index contributed by atoms with van der Waals surface area (Å²) < 4.78 is 0. The van der Waals surface area contributed by atoms with E-state index in [1.807, 2.05) is 0 Å². The second-order valence-electron chi connectivity index (χ2n) is 1.83. The Labute approximate surface area is 71.4 Å². The van der Waals surface area contributed by atoms with E-state index in [9.17, 15) is 0 Å². The number of hydrogen-bond acceptors (Lipinski definition) is 1. The quantitative estimate of drug-likeness (QED) is 0.554. The van der Waals surface area contributed by atoms with Gasteiger partial charge >= 0.3 is 0 Å². The van der Waals surface area contributed by atoms with Crippen molar-refractivity contribution in [3.05, 3.63) is 0 Å². The van der Waals surface area contributed by atoms with Gasteiger partial charge in [0.1, 0.15) is 0 Å². The largest absolute Gasteiger partial charge is 0.396 e. The fourth-order valence-corrected chi connectivity index (χ4v) is 0.956. The first-order valence-corrected chi connectivity index (χ1v) is 4.20. The predicted octanol–water partition coefficient (Wildman–Crippen LogP) is 2.36. The van der Waals surface area contributed by atoms with Crippen LogP contribution in [0.1, 0.15) is 25.7 Å². The molecule has 1 nitrogen and oxygen atoms in total. The van der Waals surface area contributed by atoms with Crippen LogP contribution in [-0.4, -0.2) is 17.0 Å². The van der Waals surface area contributed by atoms with Crippen molar-refractivity contribution in [2.45, 2.75) is 25.7 Å². The Hall–Kier alpha value is 0.730. The number of aliphatic hydroxyl groups is 1. The molecule has 0 spiro atoms. The van der Waals surface area contributed by atoms with Gasteiger partial charge < -0.3 is 5.11 Å². The van der Waals surface area contributed by atoms with Crippen LogP contribution in [0.3, 0.4) is 0 Å². The van der Waals surface area contributed by atoms with Crippen LogP contribution in [0.15, 0.2) is 0 Å². The molecule has 0 radical (unpaired) electrons. The zero-order chi connectivity index (χ0) is 6.24. The first kappa shape index (κ1) is 12.4. The zero-order valence-corrected chi connectivity index (χ0v) is 7.88. The first-order valence-electron chi connectivity index (χ1n) is 3.08. The molecule has 0 aliphatic carbocycles. The summed E-state index contributed by atoms with van der Waals surface area (Å²) in [6, 6.07) is 0. The lowest BCUT2D eigenvalue weighted by molar-refractivity contribution is 0.283. The lowest BCUT2D eigenvalue weighted by Gasteiger charge is -1.92. The molecule has 0 amide bonds. The van der Waals surface area contributed by atoms with Crippen LogP contribution in [0.5, 0.6) is 0 Å². The number of rotatable bonds is 5. The summed E-state index contributed by atoms with van der Waals surface area (Å²) in [5.74, 6) is 0. The summed E-state index contributed by atoms with van der Waals surface area (Å²) in [6.45, 7) is 0.349. The van der Waals surface area contributed by atoms with E-state index in [1.165, 1.54) is 19.3 Å². The minimum atomic E-state index is 0. The minimum absolute atomic E-state index is 0. The molecule has 0 aromatic heterocycles. The highest BCUT2D eigenvalue weighted by atomic mass is 79.9. The van der Waals surface area contributed by atoms with Crippen LogP contribution in [0.25, 0.3) is 0 Å². The molecule has 3 heteroatoms. The molecular formula is C6H14BrClO. The molecule has 0 unspecified atom stereocenters. The molecule has 0 atom stereocenters. The number of hydrogen-bond donors (Lipinski definition) is 1. The van der Waals surface area contributed by atoms with Gasteiger partial charge in [0, 0.05) is 11.9 Å². The topological polar surface area (TPSA) is 20.2 Å². The van der Waals surface area contributed by atoms with E-state index in [2.05, 4.69) is 15.9 Å². The molecule has 0 fully saturated rings. The zero-order valence-electron chi connectivity index (χ0n) is 5.48. The van der Waals surface area contributed by atoms with Gasteiger partial charge in [0.15, 0.2) is 0 Å². The predicted molar refractivity (Wildman–Crippen MR) is 46.6 cm³/mol. The van der Waals surface area contributed by atoms with E-state index >= 15 is 0 Å². The van der Waals surface area contributed by atoms with E-state index in [4.69, 9.17) is 5.11 Å². The molecule has 0 heterocycles. The van der Waals surface area contributed by atoms with Crippen molar-refractivity contribution >= 4 is 28.3 Å². The lowest BCUT2D eigenvalue weighted by atomic mass is 10.2. The Morgan fingerprint density at radius 2 is 1.56 bits per heavy atom. The molecule has 0 saturated carbocycles. The second kappa shape index (κ2) is 11.5. The van der Waals surface area contributed by atoms with Gasteiger partial charge in [0.25, 0.3) is 0 Å². The van der Waals surface area contributed by atoms with Gasteiger partial charge in [-0.3, -0.25) is 0 Å². The maximum Gasteiger partial charge on any atom is 0.0431 e. The molecule has 0 saturated heterocycles. The van der Waals surface area contributed by atoms with Crippen LogP contribution >= 0.6 is 28.3 Å². The molecule has 0 aliphatic rings. The summed E-state index contributed by atoms with van der Waals surface area (Å²) in [6.07, 6.45) is 4.61. The maximum atomic E-state index is 8.35.